The molecule has 0 radical (unpaired) electrons. The van der Waals surface area contributed by atoms with Crippen molar-refractivity contribution in [2.75, 3.05) is 45.8 Å². The molecule has 0 unspecified atom stereocenters. The van der Waals surface area contributed by atoms with Gasteiger partial charge in [0.1, 0.15) is 0 Å². The van der Waals surface area contributed by atoms with Crippen molar-refractivity contribution in [3.05, 3.63) is 35.9 Å². The molecule has 0 aliphatic carbocycles. The Balaban J connectivity index is 1.67. The van der Waals surface area contributed by atoms with Crippen LogP contribution in [-0.4, -0.2) is 55.6 Å². The summed E-state index contributed by atoms with van der Waals surface area (Å²) in [6.45, 7) is 8.20. The van der Waals surface area contributed by atoms with Crippen LogP contribution in [0.1, 0.15) is 24.8 Å². The molecule has 0 saturated carbocycles. The maximum absolute atomic E-state index is 5.57. The Bertz CT molecular complexity index is 353. The van der Waals surface area contributed by atoms with Crippen LogP contribution in [0.5, 0.6) is 0 Å². The standard InChI is InChI=1S/C17H29N3/c18-10-4-5-11-19-12-6-13-20(16-15-19)14-9-17-7-2-1-3-8-17/h1-3,7-8H,4-6,9-16,18H2. The molecule has 1 fully saturated rings. The van der Waals surface area contributed by atoms with Gasteiger partial charge in [-0.25, -0.2) is 0 Å². The summed E-state index contributed by atoms with van der Waals surface area (Å²) in [6.07, 6.45) is 4.89. The van der Waals surface area contributed by atoms with Gasteiger partial charge < -0.3 is 15.5 Å². The Morgan fingerprint density at radius 2 is 1.55 bits per heavy atom. The second kappa shape index (κ2) is 9.11. The molecule has 3 heteroatoms. The first-order valence-electron chi connectivity index (χ1n) is 8.07. The van der Waals surface area contributed by atoms with Crippen molar-refractivity contribution in [3.63, 3.8) is 0 Å². The summed E-state index contributed by atoms with van der Waals surface area (Å²) >= 11 is 0. The fraction of sp³-hybridized carbons (Fsp3) is 0.647. The summed E-state index contributed by atoms with van der Waals surface area (Å²) in [4.78, 5) is 5.23. The van der Waals surface area contributed by atoms with Gasteiger partial charge in [0.15, 0.2) is 0 Å². The molecule has 1 aromatic carbocycles. The van der Waals surface area contributed by atoms with Crippen molar-refractivity contribution in [1.29, 1.82) is 0 Å². The van der Waals surface area contributed by atoms with E-state index >= 15 is 0 Å². The van der Waals surface area contributed by atoms with E-state index in [-0.39, 0.29) is 0 Å². The Labute approximate surface area is 123 Å². The third-order valence-electron chi connectivity index (χ3n) is 4.17. The fourth-order valence-electron chi connectivity index (χ4n) is 2.88. The van der Waals surface area contributed by atoms with Crippen molar-refractivity contribution in [1.82, 2.24) is 9.80 Å². The molecular formula is C17H29N3. The average Bonchev–Trinajstić information content (AvgIpc) is 2.72. The predicted octanol–water partition coefficient (Wildman–Crippen LogP) is 1.98. The molecule has 2 N–H and O–H groups in total. The first-order valence-corrected chi connectivity index (χ1v) is 8.07. The first kappa shape index (κ1) is 15.5. The second-order valence-electron chi connectivity index (χ2n) is 5.77. The molecule has 1 aliphatic heterocycles. The van der Waals surface area contributed by atoms with Gasteiger partial charge in [0.2, 0.25) is 0 Å². The number of rotatable bonds is 7. The van der Waals surface area contributed by atoms with Crippen molar-refractivity contribution in [2.24, 2.45) is 5.73 Å². The maximum Gasteiger partial charge on any atom is 0.0109 e. The van der Waals surface area contributed by atoms with Crippen LogP contribution in [0.25, 0.3) is 0 Å². The van der Waals surface area contributed by atoms with E-state index in [0.717, 1.165) is 13.0 Å². The molecule has 0 bridgehead atoms. The molecule has 0 atom stereocenters. The molecule has 2 rings (SSSR count). The number of hydrogen-bond donors (Lipinski definition) is 1. The van der Waals surface area contributed by atoms with Crippen LogP contribution < -0.4 is 5.73 Å². The minimum atomic E-state index is 0.830. The molecule has 1 saturated heterocycles. The SMILES string of the molecule is NCCCCN1CCCN(CCc2ccccc2)CC1. The smallest absolute Gasteiger partial charge is 0.0109 e. The Morgan fingerprint density at radius 3 is 2.25 bits per heavy atom. The van der Waals surface area contributed by atoms with Crippen LogP contribution >= 0.6 is 0 Å². The predicted molar refractivity (Wildman–Crippen MR) is 85.9 cm³/mol. The van der Waals surface area contributed by atoms with Gasteiger partial charge >= 0.3 is 0 Å². The third kappa shape index (κ3) is 5.61. The number of nitrogens with two attached hydrogens (primary N) is 1. The average molecular weight is 275 g/mol. The maximum atomic E-state index is 5.57. The number of hydrogen-bond acceptors (Lipinski definition) is 3. The summed E-state index contributed by atoms with van der Waals surface area (Å²) in [7, 11) is 0. The van der Waals surface area contributed by atoms with Crippen LogP contribution in [0, 0.1) is 0 Å². The summed E-state index contributed by atoms with van der Waals surface area (Å²) in [5.41, 5.74) is 7.02. The number of unbranched alkanes of at least 4 members (excludes halogenated alkanes) is 1. The Morgan fingerprint density at radius 1 is 0.850 bits per heavy atom. The molecule has 0 spiro atoms. The summed E-state index contributed by atoms with van der Waals surface area (Å²) in [5, 5.41) is 0. The van der Waals surface area contributed by atoms with Crippen LogP contribution in [-0.2, 0) is 6.42 Å². The van der Waals surface area contributed by atoms with Crippen LogP contribution in [0.4, 0.5) is 0 Å². The second-order valence-corrected chi connectivity index (χ2v) is 5.77. The van der Waals surface area contributed by atoms with Gasteiger partial charge in [-0.2, -0.15) is 0 Å². The zero-order chi connectivity index (χ0) is 14.0. The van der Waals surface area contributed by atoms with Crippen molar-refractivity contribution >= 4 is 0 Å². The summed E-state index contributed by atoms with van der Waals surface area (Å²) in [5.74, 6) is 0. The van der Waals surface area contributed by atoms with Crippen molar-refractivity contribution in [3.8, 4) is 0 Å². The topological polar surface area (TPSA) is 32.5 Å². The summed E-state index contributed by atoms with van der Waals surface area (Å²) in [6, 6.07) is 10.8. The fourth-order valence-corrected chi connectivity index (χ4v) is 2.88. The van der Waals surface area contributed by atoms with E-state index in [2.05, 4.69) is 40.1 Å². The van der Waals surface area contributed by atoms with E-state index in [1.807, 2.05) is 0 Å². The van der Waals surface area contributed by atoms with Crippen molar-refractivity contribution in [2.45, 2.75) is 25.7 Å². The highest BCUT2D eigenvalue weighted by atomic mass is 15.2. The highest BCUT2D eigenvalue weighted by molar-refractivity contribution is 5.14. The zero-order valence-electron chi connectivity index (χ0n) is 12.6. The minimum Gasteiger partial charge on any atom is -0.330 e. The molecule has 3 nitrogen and oxygen atoms in total. The van der Waals surface area contributed by atoms with Gasteiger partial charge in [-0.1, -0.05) is 30.3 Å². The third-order valence-corrected chi connectivity index (χ3v) is 4.17. The first-order chi connectivity index (χ1) is 9.88. The van der Waals surface area contributed by atoms with E-state index in [1.165, 1.54) is 64.1 Å². The van der Waals surface area contributed by atoms with E-state index in [1.54, 1.807) is 0 Å². The molecular weight excluding hydrogens is 246 g/mol. The summed E-state index contributed by atoms with van der Waals surface area (Å²) < 4.78 is 0. The van der Waals surface area contributed by atoms with E-state index in [9.17, 15) is 0 Å². The largest absolute Gasteiger partial charge is 0.330 e. The molecule has 0 amide bonds. The molecule has 1 aliphatic rings. The minimum absolute atomic E-state index is 0.830. The lowest BCUT2D eigenvalue weighted by Crippen LogP contribution is -2.32. The van der Waals surface area contributed by atoms with Crippen LogP contribution in [0.2, 0.25) is 0 Å². The van der Waals surface area contributed by atoms with Gasteiger partial charge in [0, 0.05) is 19.6 Å². The highest BCUT2D eigenvalue weighted by Crippen LogP contribution is 2.07. The molecule has 1 aromatic rings. The molecule has 112 valence electrons. The van der Waals surface area contributed by atoms with E-state index < -0.39 is 0 Å². The molecule has 1 heterocycles. The van der Waals surface area contributed by atoms with E-state index in [0.29, 0.717) is 0 Å². The van der Waals surface area contributed by atoms with E-state index in [4.69, 9.17) is 5.73 Å². The van der Waals surface area contributed by atoms with Gasteiger partial charge in [0.05, 0.1) is 0 Å². The Kier molecular flexibility index (Phi) is 7.06. The normalized spacial score (nSPS) is 18.1. The van der Waals surface area contributed by atoms with Crippen molar-refractivity contribution < 1.29 is 0 Å². The monoisotopic (exact) mass is 275 g/mol. The highest BCUT2D eigenvalue weighted by Gasteiger charge is 2.13. The Hall–Kier alpha value is -0.900. The van der Waals surface area contributed by atoms with Gasteiger partial charge in [-0.15, -0.1) is 0 Å². The van der Waals surface area contributed by atoms with Crippen LogP contribution in [0.3, 0.4) is 0 Å². The molecule has 20 heavy (non-hydrogen) atoms. The number of nitrogens with zero attached hydrogens (tertiary/aromatic N) is 2. The van der Waals surface area contributed by atoms with Gasteiger partial charge in [-0.3, -0.25) is 0 Å². The van der Waals surface area contributed by atoms with Crippen LogP contribution in [0.15, 0.2) is 30.3 Å². The lowest BCUT2D eigenvalue weighted by Gasteiger charge is -2.21. The van der Waals surface area contributed by atoms with Gasteiger partial charge in [-0.05, 0) is 57.4 Å². The number of benzene rings is 1. The zero-order valence-corrected chi connectivity index (χ0v) is 12.6. The molecule has 0 aromatic heterocycles. The van der Waals surface area contributed by atoms with Gasteiger partial charge in [0.25, 0.3) is 0 Å². The quantitative estimate of drug-likeness (QED) is 0.772. The lowest BCUT2D eigenvalue weighted by atomic mass is 10.1. The lowest BCUT2D eigenvalue weighted by molar-refractivity contribution is 0.255.